The quantitative estimate of drug-likeness (QED) is 0.605. The Balaban J connectivity index is 0. The van der Waals surface area contributed by atoms with E-state index in [9.17, 15) is 0 Å². The van der Waals surface area contributed by atoms with E-state index in [1.54, 1.807) is 0 Å². The Morgan fingerprint density at radius 2 is 1.91 bits per heavy atom. The fourth-order valence-corrected chi connectivity index (χ4v) is 0.884. The van der Waals surface area contributed by atoms with Gasteiger partial charge < -0.3 is 5.32 Å². The van der Waals surface area contributed by atoms with E-state index in [1.165, 1.54) is 6.42 Å². The van der Waals surface area contributed by atoms with Gasteiger partial charge in [0.15, 0.2) is 0 Å². The van der Waals surface area contributed by atoms with Crippen LogP contribution in [0.25, 0.3) is 0 Å². The zero-order chi connectivity index (χ0) is 9.11. The van der Waals surface area contributed by atoms with Crippen molar-refractivity contribution in [3.05, 3.63) is 12.7 Å². The Hall–Kier alpha value is -0.300. The molecule has 0 aromatic rings. The van der Waals surface area contributed by atoms with Gasteiger partial charge in [0.1, 0.15) is 0 Å². The molecule has 0 rings (SSSR count). The molecule has 68 valence electrons. The van der Waals surface area contributed by atoms with Crippen LogP contribution in [0.3, 0.4) is 0 Å². The molecule has 0 aliphatic heterocycles. The van der Waals surface area contributed by atoms with Gasteiger partial charge in [0, 0.05) is 6.04 Å². The third-order valence-electron chi connectivity index (χ3n) is 1.44. The molecule has 0 saturated heterocycles. The van der Waals surface area contributed by atoms with Crippen molar-refractivity contribution in [3.8, 4) is 0 Å². The molecule has 1 N–H and O–H groups in total. The minimum absolute atomic E-state index is 0.646. The fourth-order valence-electron chi connectivity index (χ4n) is 0.884. The number of hydrogen-bond donors (Lipinski definition) is 1. The molecule has 0 saturated carbocycles. The van der Waals surface area contributed by atoms with Crippen molar-refractivity contribution in [1.82, 2.24) is 5.32 Å². The van der Waals surface area contributed by atoms with Crippen molar-refractivity contribution < 1.29 is 0 Å². The summed E-state index contributed by atoms with van der Waals surface area (Å²) in [6, 6.07) is 0.646. The van der Waals surface area contributed by atoms with Crippen LogP contribution in [0.5, 0.6) is 0 Å². The van der Waals surface area contributed by atoms with Gasteiger partial charge in [-0.15, -0.1) is 6.58 Å². The van der Waals surface area contributed by atoms with Crippen molar-refractivity contribution >= 4 is 0 Å². The highest BCUT2D eigenvalue weighted by Gasteiger charge is 1.98. The van der Waals surface area contributed by atoms with Crippen LogP contribution in [0.15, 0.2) is 12.7 Å². The van der Waals surface area contributed by atoms with Gasteiger partial charge in [0.25, 0.3) is 0 Å². The maximum Gasteiger partial charge on any atom is 0.00987 e. The van der Waals surface area contributed by atoms with Gasteiger partial charge in [-0.05, 0) is 19.4 Å². The summed E-state index contributed by atoms with van der Waals surface area (Å²) in [6.07, 6.45) is 4.25. The van der Waals surface area contributed by atoms with Gasteiger partial charge in [-0.3, -0.25) is 0 Å². The minimum Gasteiger partial charge on any atom is -0.314 e. The fraction of sp³-hybridized carbons (Fsp3) is 0.800. The molecule has 0 aromatic heterocycles. The van der Waals surface area contributed by atoms with Gasteiger partial charge in [-0.25, -0.2) is 0 Å². The lowest BCUT2D eigenvalue weighted by Gasteiger charge is -2.11. The molecule has 1 unspecified atom stereocenters. The molecular weight excluding hydrogens is 134 g/mol. The summed E-state index contributed by atoms with van der Waals surface area (Å²) in [7, 11) is 0. The molecule has 0 aliphatic rings. The Labute approximate surface area is 71.9 Å². The molecule has 0 heterocycles. The standard InChI is InChI=1S/C8H17N.C2H6/c1-4-7-8(5-2)9-6-3;1-2/h4,8-9H,1,5-7H2,2-3H3;1-2H3. The third kappa shape index (κ3) is 9.70. The molecule has 1 nitrogen and oxygen atoms in total. The van der Waals surface area contributed by atoms with Crippen LogP contribution in [-0.4, -0.2) is 12.6 Å². The second kappa shape index (κ2) is 12.4. The Bertz CT molecular complexity index is 69.3. The molecular formula is C10H23N. The lowest BCUT2D eigenvalue weighted by molar-refractivity contribution is 0.518. The summed E-state index contributed by atoms with van der Waals surface area (Å²) in [4.78, 5) is 0. The SMILES string of the molecule is C=CCC(CC)NCC.CC. The average molecular weight is 157 g/mol. The highest BCUT2D eigenvalue weighted by molar-refractivity contribution is 4.76. The predicted molar refractivity (Wildman–Crippen MR) is 53.9 cm³/mol. The van der Waals surface area contributed by atoms with Crippen molar-refractivity contribution in [2.75, 3.05) is 6.54 Å². The normalized spacial score (nSPS) is 11.3. The molecule has 0 fully saturated rings. The molecule has 1 heteroatoms. The number of rotatable bonds is 5. The minimum atomic E-state index is 0.646. The number of hydrogen-bond acceptors (Lipinski definition) is 1. The van der Waals surface area contributed by atoms with Gasteiger partial charge in [0.2, 0.25) is 0 Å². The van der Waals surface area contributed by atoms with Gasteiger partial charge in [-0.1, -0.05) is 33.8 Å². The van der Waals surface area contributed by atoms with Crippen LogP contribution in [-0.2, 0) is 0 Å². The molecule has 1 atom stereocenters. The summed E-state index contributed by atoms with van der Waals surface area (Å²) < 4.78 is 0. The summed E-state index contributed by atoms with van der Waals surface area (Å²) in [5.41, 5.74) is 0. The molecule has 0 bridgehead atoms. The Kier molecular flexibility index (Phi) is 15.0. The molecule has 0 radical (unpaired) electrons. The van der Waals surface area contributed by atoms with E-state index in [1.807, 2.05) is 19.9 Å². The monoisotopic (exact) mass is 157 g/mol. The van der Waals surface area contributed by atoms with E-state index < -0.39 is 0 Å². The smallest absolute Gasteiger partial charge is 0.00987 e. The van der Waals surface area contributed by atoms with Crippen molar-refractivity contribution in [2.45, 2.75) is 46.6 Å². The first kappa shape index (κ1) is 13.3. The van der Waals surface area contributed by atoms with Crippen LogP contribution >= 0.6 is 0 Å². The zero-order valence-corrected chi connectivity index (χ0v) is 8.48. The summed E-state index contributed by atoms with van der Waals surface area (Å²) in [6.45, 7) is 13.1. The van der Waals surface area contributed by atoms with E-state index in [4.69, 9.17) is 0 Å². The predicted octanol–water partition coefficient (Wildman–Crippen LogP) is 2.98. The Morgan fingerprint density at radius 1 is 1.36 bits per heavy atom. The van der Waals surface area contributed by atoms with Gasteiger partial charge in [-0.2, -0.15) is 0 Å². The summed E-state index contributed by atoms with van der Waals surface area (Å²) in [5.74, 6) is 0. The third-order valence-corrected chi connectivity index (χ3v) is 1.44. The lowest BCUT2D eigenvalue weighted by Crippen LogP contribution is -2.27. The Morgan fingerprint density at radius 3 is 2.18 bits per heavy atom. The van der Waals surface area contributed by atoms with Crippen molar-refractivity contribution in [3.63, 3.8) is 0 Å². The van der Waals surface area contributed by atoms with Crippen LogP contribution < -0.4 is 5.32 Å². The highest BCUT2D eigenvalue weighted by Crippen LogP contribution is 1.96. The van der Waals surface area contributed by atoms with Crippen molar-refractivity contribution in [2.24, 2.45) is 0 Å². The lowest BCUT2D eigenvalue weighted by atomic mass is 10.1. The number of nitrogens with one attached hydrogen (secondary N) is 1. The topological polar surface area (TPSA) is 12.0 Å². The second-order valence-electron chi connectivity index (χ2n) is 2.19. The second-order valence-corrected chi connectivity index (χ2v) is 2.19. The maximum atomic E-state index is 3.69. The van der Waals surface area contributed by atoms with E-state index in [-0.39, 0.29) is 0 Å². The van der Waals surface area contributed by atoms with Crippen LogP contribution in [0, 0.1) is 0 Å². The van der Waals surface area contributed by atoms with Crippen molar-refractivity contribution in [1.29, 1.82) is 0 Å². The molecule has 11 heavy (non-hydrogen) atoms. The van der Waals surface area contributed by atoms with E-state index in [2.05, 4.69) is 25.7 Å². The zero-order valence-electron chi connectivity index (χ0n) is 8.48. The summed E-state index contributed by atoms with van der Waals surface area (Å²) >= 11 is 0. The van der Waals surface area contributed by atoms with Crippen LogP contribution in [0.1, 0.15) is 40.5 Å². The summed E-state index contributed by atoms with van der Waals surface area (Å²) in [5, 5.41) is 3.36. The highest BCUT2D eigenvalue weighted by atomic mass is 14.9. The first-order chi connectivity index (χ1) is 5.35. The first-order valence-corrected chi connectivity index (χ1v) is 4.69. The molecule has 0 aliphatic carbocycles. The van der Waals surface area contributed by atoms with Crippen LogP contribution in [0.2, 0.25) is 0 Å². The van der Waals surface area contributed by atoms with Gasteiger partial charge in [0.05, 0.1) is 0 Å². The maximum absolute atomic E-state index is 3.69. The van der Waals surface area contributed by atoms with E-state index >= 15 is 0 Å². The average Bonchev–Trinajstić information content (AvgIpc) is 2.08. The van der Waals surface area contributed by atoms with E-state index in [0.717, 1.165) is 13.0 Å². The molecule has 0 amide bonds. The van der Waals surface area contributed by atoms with Gasteiger partial charge >= 0.3 is 0 Å². The largest absolute Gasteiger partial charge is 0.314 e. The molecule has 0 spiro atoms. The first-order valence-electron chi connectivity index (χ1n) is 4.69. The molecule has 0 aromatic carbocycles. The van der Waals surface area contributed by atoms with E-state index in [0.29, 0.717) is 6.04 Å². The van der Waals surface area contributed by atoms with Crippen LogP contribution in [0.4, 0.5) is 0 Å².